The standard InChI is InChI=1S/C14H20O2/c1-3-4-5-13-6-8-14(9-7-13)10-11-16-12(2)15/h6-9H,3-5,10-11H2,1-2H3. The highest BCUT2D eigenvalue weighted by atomic mass is 16.5. The molecule has 88 valence electrons. The largest absolute Gasteiger partial charge is 0.466 e. The Hall–Kier alpha value is -1.31. The van der Waals surface area contributed by atoms with Gasteiger partial charge in [-0.1, -0.05) is 37.6 Å². The molecule has 16 heavy (non-hydrogen) atoms. The minimum Gasteiger partial charge on any atom is -0.466 e. The zero-order chi connectivity index (χ0) is 11.8. The van der Waals surface area contributed by atoms with Crippen LogP contribution >= 0.6 is 0 Å². The Morgan fingerprint density at radius 3 is 2.19 bits per heavy atom. The molecule has 0 saturated carbocycles. The lowest BCUT2D eigenvalue weighted by Gasteiger charge is -2.04. The average molecular weight is 220 g/mol. The number of aryl methyl sites for hydroxylation is 1. The van der Waals surface area contributed by atoms with E-state index >= 15 is 0 Å². The van der Waals surface area contributed by atoms with Crippen molar-refractivity contribution in [2.75, 3.05) is 6.61 Å². The molecule has 0 aliphatic carbocycles. The number of rotatable bonds is 6. The van der Waals surface area contributed by atoms with Crippen LogP contribution in [0.5, 0.6) is 0 Å². The van der Waals surface area contributed by atoms with E-state index in [0.717, 1.165) is 12.8 Å². The Balaban J connectivity index is 2.36. The van der Waals surface area contributed by atoms with Crippen molar-refractivity contribution in [1.29, 1.82) is 0 Å². The molecule has 0 heterocycles. The first-order valence-electron chi connectivity index (χ1n) is 5.93. The van der Waals surface area contributed by atoms with Gasteiger partial charge in [-0.3, -0.25) is 4.79 Å². The van der Waals surface area contributed by atoms with Gasteiger partial charge in [-0.2, -0.15) is 0 Å². The van der Waals surface area contributed by atoms with E-state index in [-0.39, 0.29) is 5.97 Å². The molecule has 2 nitrogen and oxygen atoms in total. The van der Waals surface area contributed by atoms with Gasteiger partial charge < -0.3 is 4.74 Å². The summed E-state index contributed by atoms with van der Waals surface area (Å²) in [6, 6.07) is 8.57. The number of unbranched alkanes of at least 4 members (excludes halogenated alkanes) is 1. The quantitative estimate of drug-likeness (QED) is 0.688. The van der Waals surface area contributed by atoms with Gasteiger partial charge in [0.05, 0.1) is 6.61 Å². The van der Waals surface area contributed by atoms with Crippen LogP contribution in [0.3, 0.4) is 0 Å². The number of hydrogen-bond acceptors (Lipinski definition) is 2. The summed E-state index contributed by atoms with van der Waals surface area (Å²) in [5, 5.41) is 0. The van der Waals surface area contributed by atoms with Crippen LogP contribution in [0.15, 0.2) is 24.3 Å². The molecule has 0 radical (unpaired) electrons. The number of hydrogen-bond donors (Lipinski definition) is 0. The SMILES string of the molecule is CCCCc1ccc(CCOC(C)=O)cc1. The number of carbonyl (C=O) groups is 1. The van der Waals surface area contributed by atoms with Crippen molar-refractivity contribution in [3.63, 3.8) is 0 Å². The van der Waals surface area contributed by atoms with E-state index in [4.69, 9.17) is 4.74 Å². The molecule has 2 heteroatoms. The maximum Gasteiger partial charge on any atom is 0.302 e. The molecule has 0 N–H and O–H groups in total. The molecule has 1 aromatic rings. The van der Waals surface area contributed by atoms with E-state index in [0.29, 0.717) is 6.61 Å². The van der Waals surface area contributed by atoms with E-state index in [9.17, 15) is 4.79 Å². The maximum atomic E-state index is 10.6. The van der Waals surface area contributed by atoms with Crippen molar-refractivity contribution < 1.29 is 9.53 Å². The summed E-state index contributed by atoms with van der Waals surface area (Å²) in [5.41, 5.74) is 2.61. The minimum absolute atomic E-state index is 0.209. The fourth-order valence-corrected chi connectivity index (χ4v) is 1.57. The van der Waals surface area contributed by atoms with Gasteiger partial charge in [-0.15, -0.1) is 0 Å². The zero-order valence-corrected chi connectivity index (χ0v) is 10.2. The molecule has 1 rings (SSSR count). The molecule has 0 fully saturated rings. The fraction of sp³-hybridized carbons (Fsp3) is 0.500. The van der Waals surface area contributed by atoms with Gasteiger partial charge >= 0.3 is 5.97 Å². The summed E-state index contributed by atoms with van der Waals surface area (Å²) < 4.78 is 4.90. The molecule has 0 atom stereocenters. The average Bonchev–Trinajstić information content (AvgIpc) is 2.27. The third-order valence-electron chi connectivity index (χ3n) is 2.54. The first kappa shape index (κ1) is 12.8. The number of ether oxygens (including phenoxy) is 1. The van der Waals surface area contributed by atoms with Gasteiger partial charge in [-0.25, -0.2) is 0 Å². The predicted octanol–water partition coefficient (Wildman–Crippen LogP) is 3.13. The Kier molecular flexibility index (Phi) is 5.62. The first-order valence-corrected chi connectivity index (χ1v) is 5.93. The Morgan fingerprint density at radius 2 is 1.69 bits per heavy atom. The van der Waals surface area contributed by atoms with Crippen LogP contribution in [0, 0.1) is 0 Å². The minimum atomic E-state index is -0.209. The second-order valence-corrected chi connectivity index (χ2v) is 4.01. The molecule has 0 saturated heterocycles. The van der Waals surface area contributed by atoms with Crippen LogP contribution in [0.4, 0.5) is 0 Å². The van der Waals surface area contributed by atoms with Crippen LogP contribution in [-0.2, 0) is 22.4 Å². The molecule has 0 aromatic heterocycles. The lowest BCUT2D eigenvalue weighted by Crippen LogP contribution is -2.03. The van der Waals surface area contributed by atoms with Crippen molar-refractivity contribution in [2.24, 2.45) is 0 Å². The molecule has 1 aromatic carbocycles. The van der Waals surface area contributed by atoms with Gasteiger partial charge in [0.1, 0.15) is 0 Å². The van der Waals surface area contributed by atoms with Crippen LogP contribution in [0.25, 0.3) is 0 Å². The van der Waals surface area contributed by atoms with Gasteiger partial charge in [0.25, 0.3) is 0 Å². The topological polar surface area (TPSA) is 26.3 Å². The molecule has 0 aliphatic rings. The summed E-state index contributed by atoms with van der Waals surface area (Å²) >= 11 is 0. The summed E-state index contributed by atoms with van der Waals surface area (Å²) in [5.74, 6) is -0.209. The van der Waals surface area contributed by atoms with Crippen molar-refractivity contribution in [3.05, 3.63) is 35.4 Å². The Bertz CT molecular complexity index is 314. The van der Waals surface area contributed by atoms with E-state index in [2.05, 4.69) is 31.2 Å². The van der Waals surface area contributed by atoms with Crippen LogP contribution in [0.2, 0.25) is 0 Å². The second kappa shape index (κ2) is 7.04. The van der Waals surface area contributed by atoms with Crippen molar-refractivity contribution in [3.8, 4) is 0 Å². The summed E-state index contributed by atoms with van der Waals surface area (Å²) in [6.45, 7) is 4.12. The Morgan fingerprint density at radius 1 is 1.12 bits per heavy atom. The molecule has 0 amide bonds. The van der Waals surface area contributed by atoms with Crippen molar-refractivity contribution >= 4 is 5.97 Å². The normalized spacial score (nSPS) is 10.1. The van der Waals surface area contributed by atoms with E-state index in [1.807, 2.05) is 0 Å². The van der Waals surface area contributed by atoms with Crippen LogP contribution < -0.4 is 0 Å². The molecule has 0 aliphatic heterocycles. The van der Waals surface area contributed by atoms with Gasteiger partial charge in [0.2, 0.25) is 0 Å². The molecular weight excluding hydrogens is 200 g/mol. The number of benzene rings is 1. The van der Waals surface area contributed by atoms with Crippen LogP contribution in [0.1, 0.15) is 37.8 Å². The third-order valence-corrected chi connectivity index (χ3v) is 2.54. The van der Waals surface area contributed by atoms with Crippen molar-refractivity contribution in [2.45, 2.75) is 39.5 Å². The third kappa shape index (κ3) is 4.96. The van der Waals surface area contributed by atoms with E-state index in [1.165, 1.54) is 30.9 Å². The summed E-state index contributed by atoms with van der Waals surface area (Å²) in [6.07, 6.45) is 4.43. The molecule has 0 spiro atoms. The lowest BCUT2D eigenvalue weighted by molar-refractivity contribution is -0.140. The predicted molar refractivity (Wildman–Crippen MR) is 65.4 cm³/mol. The highest BCUT2D eigenvalue weighted by Crippen LogP contribution is 2.08. The van der Waals surface area contributed by atoms with Gasteiger partial charge in [0, 0.05) is 13.3 Å². The van der Waals surface area contributed by atoms with Crippen molar-refractivity contribution in [1.82, 2.24) is 0 Å². The molecule has 0 bridgehead atoms. The lowest BCUT2D eigenvalue weighted by atomic mass is 10.1. The monoisotopic (exact) mass is 220 g/mol. The summed E-state index contributed by atoms with van der Waals surface area (Å²) in [4.78, 5) is 10.6. The van der Waals surface area contributed by atoms with Gasteiger partial charge in [-0.05, 0) is 24.0 Å². The van der Waals surface area contributed by atoms with E-state index < -0.39 is 0 Å². The number of esters is 1. The molecule has 0 unspecified atom stereocenters. The van der Waals surface area contributed by atoms with E-state index in [1.54, 1.807) is 0 Å². The van der Waals surface area contributed by atoms with Gasteiger partial charge in [0.15, 0.2) is 0 Å². The first-order chi connectivity index (χ1) is 7.72. The highest BCUT2D eigenvalue weighted by molar-refractivity contribution is 5.65. The highest BCUT2D eigenvalue weighted by Gasteiger charge is 1.97. The second-order valence-electron chi connectivity index (χ2n) is 4.01. The number of carbonyl (C=O) groups excluding carboxylic acids is 1. The Labute approximate surface area is 97.6 Å². The summed E-state index contributed by atoms with van der Waals surface area (Å²) in [7, 11) is 0. The smallest absolute Gasteiger partial charge is 0.302 e. The zero-order valence-electron chi connectivity index (χ0n) is 10.2. The van der Waals surface area contributed by atoms with Crippen LogP contribution in [-0.4, -0.2) is 12.6 Å². The fourth-order valence-electron chi connectivity index (χ4n) is 1.57. The maximum absolute atomic E-state index is 10.6. The molecular formula is C14H20O2.